The molecule has 0 aromatic rings. The van der Waals surface area contributed by atoms with Gasteiger partial charge in [0.15, 0.2) is 0 Å². The summed E-state index contributed by atoms with van der Waals surface area (Å²) in [6.07, 6.45) is 4.08. The van der Waals surface area contributed by atoms with E-state index in [4.69, 9.17) is 10.8 Å². The second kappa shape index (κ2) is 2.13. The van der Waals surface area contributed by atoms with E-state index in [1.807, 2.05) is 6.92 Å². The van der Waals surface area contributed by atoms with E-state index in [0.717, 1.165) is 5.70 Å². The van der Waals surface area contributed by atoms with E-state index in [9.17, 15) is 0 Å². The van der Waals surface area contributed by atoms with Crippen LogP contribution in [0.25, 0.3) is 0 Å². The Bertz CT molecular complexity index is 170. The van der Waals surface area contributed by atoms with Crippen LogP contribution in [0.2, 0.25) is 0 Å². The van der Waals surface area contributed by atoms with Crippen LogP contribution in [0.5, 0.6) is 0 Å². The monoisotopic (exact) mass is 125 g/mol. The highest BCUT2D eigenvalue weighted by molar-refractivity contribution is 5.20. The highest BCUT2D eigenvalue weighted by atomic mass is 16.3. The summed E-state index contributed by atoms with van der Waals surface area (Å²) in [5, 5.41) is 8.96. The van der Waals surface area contributed by atoms with Gasteiger partial charge in [-0.15, -0.1) is 0 Å². The zero-order valence-corrected chi connectivity index (χ0v) is 5.46. The molecular weight excluding hydrogens is 114 g/mol. The van der Waals surface area contributed by atoms with E-state index in [1.165, 1.54) is 0 Å². The molecular formula is C7H11NO. The van der Waals surface area contributed by atoms with E-state index < -0.39 is 0 Å². The maximum Gasteiger partial charge on any atom is 0.0929 e. The van der Waals surface area contributed by atoms with Gasteiger partial charge in [-0.25, -0.2) is 0 Å². The molecule has 0 saturated carbocycles. The average Bonchev–Trinajstić information content (AvgIpc) is 1.80. The number of nitrogens with two attached hydrogens (primary N) is 1. The second-order valence-electron chi connectivity index (χ2n) is 2.43. The molecule has 9 heavy (non-hydrogen) atoms. The number of hydrogen-bond acceptors (Lipinski definition) is 2. The van der Waals surface area contributed by atoms with Gasteiger partial charge in [0.05, 0.1) is 5.76 Å². The molecule has 1 unspecified atom stereocenters. The quantitative estimate of drug-likeness (QED) is 0.512. The number of allylic oxidation sites excluding steroid dienone is 4. The van der Waals surface area contributed by atoms with Crippen molar-refractivity contribution in [3.63, 3.8) is 0 Å². The normalized spacial score (nSPS) is 27.0. The first kappa shape index (κ1) is 6.20. The van der Waals surface area contributed by atoms with Gasteiger partial charge in [0.25, 0.3) is 0 Å². The van der Waals surface area contributed by atoms with Gasteiger partial charge >= 0.3 is 0 Å². The summed E-state index contributed by atoms with van der Waals surface area (Å²) in [4.78, 5) is 0. The third-order valence-corrected chi connectivity index (χ3v) is 1.55. The lowest BCUT2D eigenvalue weighted by Gasteiger charge is -2.14. The molecule has 1 atom stereocenters. The van der Waals surface area contributed by atoms with E-state index in [-0.39, 0.29) is 0 Å². The molecule has 0 aliphatic heterocycles. The van der Waals surface area contributed by atoms with Crippen LogP contribution in [0.15, 0.2) is 23.6 Å². The van der Waals surface area contributed by atoms with Crippen LogP contribution < -0.4 is 5.73 Å². The van der Waals surface area contributed by atoms with Gasteiger partial charge in [-0.1, -0.05) is 6.92 Å². The first-order chi connectivity index (χ1) is 4.20. The van der Waals surface area contributed by atoms with Crippen molar-refractivity contribution in [2.45, 2.75) is 13.3 Å². The number of hydrogen-bond donors (Lipinski definition) is 2. The van der Waals surface area contributed by atoms with Crippen molar-refractivity contribution >= 4 is 0 Å². The highest BCUT2D eigenvalue weighted by Gasteiger charge is 2.10. The molecule has 0 radical (unpaired) electrons. The Morgan fingerprint density at radius 3 is 2.78 bits per heavy atom. The molecule has 0 spiro atoms. The fourth-order valence-corrected chi connectivity index (χ4v) is 0.856. The van der Waals surface area contributed by atoms with Crippen LogP contribution >= 0.6 is 0 Å². The molecule has 50 valence electrons. The predicted molar refractivity (Wildman–Crippen MR) is 36.8 cm³/mol. The summed E-state index contributed by atoms with van der Waals surface area (Å²) < 4.78 is 0. The van der Waals surface area contributed by atoms with Gasteiger partial charge in [0, 0.05) is 18.0 Å². The van der Waals surface area contributed by atoms with E-state index in [2.05, 4.69) is 0 Å². The van der Waals surface area contributed by atoms with E-state index in [0.29, 0.717) is 18.1 Å². The lowest BCUT2D eigenvalue weighted by Crippen LogP contribution is -2.11. The lowest BCUT2D eigenvalue weighted by atomic mass is 9.98. The molecule has 2 nitrogen and oxygen atoms in total. The molecule has 2 heteroatoms. The van der Waals surface area contributed by atoms with Gasteiger partial charge < -0.3 is 10.8 Å². The van der Waals surface area contributed by atoms with E-state index >= 15 is 0 Å². The lowest BCUT2D eigenvalue weighted by molar-refractivity contribution is 0.364. The molecule has 0 aromatic heterocycles. The minimum atomic E-state index is 0.301. The smallest absolute Gasteiger partial charge is 0.0929 e. The Labute approximate surface area is 54.7 Å². The minimum Gasteiger partial charge on any atom is -0.512 e. The van der Waals surface area contributed by atoms with Crippen LogP contribution in [0.3, 0.4) is 0 Å². The topological polar surface area (TPSA) is 46.2 Å². The van der Waals surface area contributed by atoms with Crippen LogP contribution in [0, 0.1) is 5.92 Å². The largest absolute Gasteiger partial charge is 0.512 e. The third kappa shape index (κ3) is 1.25. The van der Waals surface area contributed by atoms with Gasteiger partial charge in [-0.05, 0) is 12.2 Å². The molecule has 0 heterocycles. The van der Waals surface area contributed by atoms with Crippen molar-refractivity contribution in [1.29, 1.82) is 0 Å². The fourth-order valence-electron chi connectivity index (χ4n) is 0.856. The summed E-state index contributed by atoms with van der Waals surface area (Å²) in [5.74, 6) is 0.728. The summed E-state index contributed by atoms with van der Waals surface area (Å²) in [5.41, 5.74) is 6.40. The van der Waals surface area contributed by atoms with Gasteiger partial charge in [0.1, 0.15) is 0 Å². The van der Waals surface area contributed by atoms with Crippen molar-refractivity contribution < 1.29 is 5.11 Å². The molecule has 0 fully saturated rings. The molecule has 3 N–H and O–H groups in total. The highest BCUT2D eigenvalue weighted by Crippen LogP contribution is 2.18. The Kier molecular flexibility index (Phi) is 1.47. The molecule has 0 aromatic carbocycles. The summed E-state index contributed by atoms with van der Waals surface area (Å²) in [7, 11) is 0. The Balaban J connectivity index is 2.74. The Morgan fingerprint density at radius 2 is 2.33 bits per heavy atom. The summed E-state index contributed by atoms with van der Waals surface area (Å²) in [6, 6.07) is 0. The third-order valence-electron chi connectivity index (χ3n) is 1.55. The number of rotatable bonds is 0. The Hall–Kier alpha value is -0.920. The molecule has 1 aliphatic carbocycles. The van der Waals surface area contributed by atoms with Crippen LogP contribution in [0.1, 0.15) is 13.3 Å². The van der Waals surface area contributed by atoms with Crippen molar-refractivity contribution in [1.82, 2.24) is 0 Å². The van der Waals surface area contributed by atoms with Crippen LogP contribution in [0.4, 0.5) is 0 Å². The first-order valence-corrected chi connectivity index (χ1v) is 3.05. The van der Waals surface area contributed by atoms with Gasteiger partial charge in [0.2, 0.25) is 0 Å². The maximum atomic E-state index is 8.96. The van der Waals surface area contributed by atoms with Crippen LogP contribution in [-0.4, -0.2) is 5.11 Å². The van der Waals surface area contributed by atoms with Crippen molar-refractivity contribution in [2.24, 2.45) is 11.7 Å². The van der Waals surface area contributed by atoms with Crippen molar-refractivity contribution in [3.05, 3.63) is 23.6 Å². The number of aliphatic hydroxyl groups is 1. The fraction of sp³-hybridized carbons (Fsp3) is 0.429. The van der Waals surface area contributed by atoms with Gasteiger partial charge in [-0.2, -0.15) is 0 Å². The zero-order valence-electron chi connectivity index (χ0n) is 5.46. The van der Waals surface area contributed by atoms with Crippen molar-refractivity contribution in [2.75, 3.05) is 0 Å². The first-order valence-electron chi connectivity index (χ1n) is 3.05. The average molecular weight is 125 g/mol. The van der Waals surface area contributed by atoms with Gasteiger partial charge in [-0.3, -0.25) is 0 Å². The van der Waals surface area contributed by atoms with E-state index in [1.54, 1.807) is 12.2 Å². The second-order valence-corrected chi connectivity index (χ2v) is 2.43. The summed E-state index contributed by atoms with van der Waals surface area (Å²) in [6.45, 7) is 2.00. The molecule has 0 amide bonds. The minimum absolute atomic E-state index is 0.301. The molecule has 1 rings (SSSR count). The summed E-state index contributed by atoms with van der Waals surface area (Å²) >= 11 is 0. The molecule has 1 aliphatic rings. The zero-order chi connectivity index (χ0) is 6.85. The van der Waals surface area contributed by atoms with Crippen molar-refractivity contribution in [3.8, 4) is 0 Å². The standard InChI is InChI=1S/C7H11NO/c1-5-4-6(9)2-3-7(5)8/h2-3,5,9H,4,8H2,1H3. The maximum absolute atomic E-state index is 8.96. The molecule has 0 bridgehead atoms. The Morgan fingerprint density at radius 1 is 1.67 bits per heavy atom. The SMILES string of the molecule is CC1CC(O)=CC=C1N. The number of aliphatic hydroxyl groups excluding tert-OH is 1. The van der Waals surface area contributed by atoms with Crippen LogP contribution in [-0.2, 0) is 0 Å². The predicted octanol–water partition coefficient (Wildman–Crippen LogP) is 1.31. The molecule has 0 saturated heterocycles.